The van der Waals surface area contributed by atoms with Gasteiger partial charge in [-0.25, -0.2) is 4.79 Å². The van der Waals surface area contributed by atoms with Crippen LogP contribution >= 0.6 is 19.4 Å². The second-order valence-corrected chi connectivity index (χ2v) is 7.36. The summed E-state index contributed by atoms with van der Waals surface area (Å²) in [6.07, 6.45) is 0. The topological polar surface area (TPSA) is 65.1 Å². The molecule has 0 spiro atoms. The maximum atomic E-state index is 10.7. The van der Waals surface area contributed by atoms with Crippen LogP contribution in [0.15, 0.2) is 18.2 Å². The average molecular weight is 416 g/mol. The molecule has 1 aromatic heterocycles. The van der Waals surface area contributed by atoms with Crippen LogP contribution in [0.2, 0.25) is 5.02 Å². The molecule has 0 aliphatic heterocycles. The van der Waals surface area contributed by atoms with Crippen molar-refractivity contribution < 1.29 is 31.4 Å². The quantitative estimate of drug-likeness (QED) is 0.467. The van der Waals surface area contributed by atoms with Crippen molar-refractivity contribution in [1.29, 1.82) is 0 Å². The van der Waals surface area contributed by atoms with Crippen LogP contribution < -0.4 is 0 Å². The third-order valence-electron chi connectivity index (χ3n) is 2.05. The van der Waals surface area contributed by atoms with E-state index in [2.05, 4.69) is 15.4 Å². The van der Waals surface area contributed by atoms with Gasteiger partial charge in [-0.1, -0.05) is 16.8 Å². The number of urea groups is 1. The van der Waals surface area contributed by atoms with E-state index in [1.807, 2.05) is 6.07 Å². The van der Waals surface area contributed by atoms with Gasteiger partial charge in [0.15, 0.2) is 0 Å². The van der Waals surface area contributed by atoms with Crippen molar-refractivity contribution in [3.8, 4) is 0 Å². The predicted octanol–water partition coefficient (Wildman–Crippen LogP) is 5.34. The SMILES string of the molecule is CN(C)C(=O)N(C)C.Clc1ccc2nn[nH]c2c1.F[P-](F)(F)(F)(F)F.[H+]. The fourth-order valence-corrected chi connectivity index (χ4v) is 1.39. The van der Waals surface area contributed by atoms with Gasteiger partial charge in [0.1, 0.15) is 5.52 Å². The monoisotopic (exact) mass is 415 g/mol. The first-order chi connectivity index (χ1) is 10.9. The molecule has 0 radical (unpaired) electrons. The number of rotatable bonds is 0. The molecule has 14 heteroatoms. The molecule has 2 rings (SSSR count). The Morgan fingerprint density at radius 3 is 1.88 bits per heavy atom. The van der Waals surface area contributed by atoms with Crippen LogP contribution in [0.3, 0.4) is 0 Å². The van der Waals surface area contributed by atoms with E-state index >= 15 is 0 Å². The summed E-state index contributed by atoms with van der Waals surface area (Å²) in [6, 6.07) is 5.41. The van der Waals surface area contributed by atoms with Gasteiger partial charge < -0.3 is 9.80 Å². The van der Waals surface area contributed by atoms with E-state index in [0.29, 0.717) is 5.02 Å². The zero-order chi connectivity index (χ0) is 20.1. The van der Waals surface area contributed by atoms with Crippen LogP contribution in [0, 0.1) is 0 Å². The summed E-state index contributed by atoms with van der Waals surface area (Å²) in [7, 11) is -3.76. The van der Waals surface area contributed by atoms with Gasteiger partial charge in [0, 0.05) is 33.2 Å². The Hall–Kier alpha value is -1.81. The summed E-state index contributed by atoms with van der Waals surface area (Å²) in [6.45, 7) is 0. The Morgan fingerprint density at radius 1 is 1.08 bits per heavy atom. The number of benzene rings is 1. The minimum atomic E-state index is -10.7. The van der Waals surface area contributed by atoms with Gasteiger partial charge in [-0.2, -0.15) is 0 Å². The van der Waals surface area contributed by atoms with Gasteiger partial charge >= 0.3 is 40.4 Å². The number of halogens is 7. The number of hydrogen-bond acceptors (Lipinski definition) is 3. The predicted molar refractivity (Wildman–Crippen MR) is 86.3 cm³/mol. The molecule has 2 amide bonds. The Morgan fingerprint density at radius 2 is 1.52 bits per heavy atom. The summed E-state index contributed by atoms with van der Waals surface area (Å²) in [4.78, 5) is 13.8. The molecular weight excluding hydrogens is 399 g/mol. The van der Waals surface area contributed by atoms with Crippen molar-refractivity contribution in [3.05, 3.63) is 23.2 Å². The molecule has 6 nitrogen and oxygen atoms in total. The van der Waals surface area contributed by atoms with Crippen LogP contribution in [0.25, 0.3) is 11.0 Å². The standard InChI is InChI=1S/C6H4ClN3.C5H12N2O.F6P/c7-4-1-2-5-6(3-4)9-10-8-5;1-6(2)5(8)7(3)4;1-7(2,3,4,5)6/h1-3H,(H,8,9,10);1-4H3;/q;;-1/p+1. The first-order valence-corrected chi connectivity index (χ1v) is 8.68. The van der Waals surface area contributed by atoms with Crippen LogP contribution in [-0.4, -0.2) is 59.4 Å². The fourth-order valence-electron chi connectivity index (χ4n) is 1.22. The second-order valence-electron chi connectivity index (χ2n) is 5.00. The van der Waals surface area contributed by atoms with Crippen molar-refractivity contribution in [2.24, 2.45) is 0 Å². The molecule has 1 aromatic carbocycles. The van der Waals surface area contributed by atoms with Crippen molar-refractivity contribution in [2.75, 3.05) is 28.2 Å². The smallest absolute Gasteiger partial charge is 1.00 e. The number of amides is 2. The van der Waals surface area contributed by atoms with Gasteiger partial charge in [0.2, 0.25) is 0 Å². The van der Waals surface area contributed by atoms with E-state index in [-0.39, 0.29) is 7.46 Å². The van der Waals surface area contributed by atoms with Gasteiger partial charge in [0.05, 0.1) is 5.52 Å². The van der Waals surface area contributed by atoms with Gasteiger partial charge in [-0.3, -0.25) is 5.10 Å². The Kier molecular flexibility index (Phi) is 6.68. The number of hydrogen-bond donors (Lipinski definition) is 1. The van der Waals surface area contributed by atoms with Crippen molar-refractivity contribution in [2.45, 2.75) is 0 Å². The maximum Gasteiger partial charge on any atom is 1.00 e. The van der Waals surface area contributed by atoms with E-state index in [1.165, 1.54) is 9.80 Å². The number of aromatic nitrogens is 3. The number of nitrogens with zero attached hydrogens (tertiary/aromatic N) is 4. The third kappa shape index (κ3) is 14.3. The summed E-state index contributed by atoms with van der Waals surface area (Å²) in [5, 5.41) is 10.8. The molecule has 2 aromatic rings. The zero-order valence-electron chi connectivity index (χ0n) is 14.5. The number of nitrogens with one attached hydrogen (secondary N) is 1. The average Bonchev–Trinajstić information content (AvgIpc) is 2.81. The van der Waals surface area contributed by atoms with Gasteiger partial charge in [0.25, 0.3) is 0 Å². The molecule has 1 heterocycles. The molecule has 0 saturated heterocycles. The van der Waals surface area contributed by atoms with Crippen LogP contribution in [0.1, 0.15) is 1.43 Å². The van der Waals surface area contributed by atoms with Crippen molar-refractivity contribution in [1.82, 2.24) is 25.2 Å². The largest absolute Gasteiger partial charge is 1.00 e. The molecule has 0 fully saturated rings. The summed E-state index contributed by atoms with van der Waals surface area (Å²) < 4.78 is 59.2. The van der Waals surface area contributed by atoms with E-state index in [9.17, 15) is 30.0 Å². The first-order valence-electron chi connectivity index (χ1n) is 6.28. The molecule has 25 heavy (non-hydrogen) atoms. The molecule has 0 aliphatic rings. The Balaban J connectivity index is 0. The molecule has 0 aliphatic carbocycles. The number of carbonyl (C=O) groups is 1. The summed E-state index contributed by atoms with van der Waals surface area (Å²) in [5.74, 6) is 0. The van der Waals surface area contributed by atoms with Crippen molar-refractivity contribution in [3.63, 3.8) is 0 Å². The summed E-state index contributed by atoms with van der Waals surface area (Å²) >= 11 is 5.70. The van der Waals surface area contributed by atoms with Crippen molar-refractivity contribution >= 4 is 36.5 Å². The molecular formula is C11H17ClF6N5OP. The number of carbonyl (C=O) groups excluding carboxylic acids is 1. The fraction of sp³-hybridized carbons (Fsp3) is 0.364. The normalized spacial score (nSPS) is 13.4. The number of aromatic amines is 1. The van der Waals surface area contributed by atoms with E-state index in [4.69, 9.17) is 11.6 Å². The van der Waals surface area contributed by atoms with Gasteiger partial charge in [-0.05, 0) is 18.2 Å². The zero-order valence-corrected chi connectivity index (χ0v) is 15.2. The number of H-pyrrole nitrogens is 1. The van der Waals surface area contributed by atoms with Crippen LogP contribution in [-0.2, 0) is 0 Å². The molecule has 146 valence electrons. The second kappa shape index (κ2) is 7.20. The van der Waals surface area contributed by atoms with E-state index in [0.717, 1.165) is 11.0 Å². The molecule has 0 unspecified atom stereocenters. The molecule has 1 N–H and O–H groups in total. The summed E-state index contributed by atoms with van der Waals surface area (Å²) in [5.41, 5.74) is 1.71. The first kappa shape index (κ1) is 23.2. The Bertz CT molecular complexity index is 703. The minimum Gasteiger partial charge on any atom is 1.00 e. The molecule has 0 saturated carbocycles. The number of fused-ring (bicyclic) bond motifs is 1. The van der Waals surface area contributed by atoms with Crippen LogP contribution in [0.4, 0.5) is 30.0 Å². The Labute approximate surface area is 145 Å². The molecule has 0 bridgehead atoms. The molecule has 0 atom stereocenters. The van der Waals surface area contributed by atoms with Crippen LogP contribution in [0.5, 0.6) is 0 Å². The van der Waals surface area contributed by atoms with E-state index < -0.39 is 7.81 Å². The maximum absolute atomic E-state index is 10.7. The third-order valence-corrected chi connectivity index (χ3v) is 2.29. The van der Waals surface area contributed by atoms with E-state index in [1.54, 1.807) is 40.3 Å². The van der Waals surface area contributed by atoms with Gasteiger partial charge in [-0.15, -0.1) is 5.10 Å². The minimum absolute atomic E-state index is 0.